The molecule has 2 saturated heterocycles. The lowest BCUT2D eigenvalue weighted by Gasteiger charge is -2.50. The fourth-order valence-electron chi connectivity index (χ4n) is 7.01. The molecule has 234 valence electrons. The van der Waals surface area contributed by atoms with Gasteiger partial charge in [-0.3, -0.25) is 14.5 Å². The first-order valence-corrected chi connectivity index (χ1v) is 16.0. The van der Waals surface area contributed by atoms with E-state index < -0.39 is 6.29 Å². The van der Waals surface area contributed by atoms with Gasteiger partial charge in [-0.25, -0.2) is 0 Å². The molecule has 1 aliphatic carbocycles. The van der Waals surface area contributed by atoms with Crippen LogP contribution in [-0.4, -0.2) is 52.1 Å². The van der Waals surface area contributed by atoms with Crippen LogP contribution in [0.5, 0.6) is 0 Å². The molecule has 0 aromatic heterocycles. The molecule has 0 spiro atoms. The highest BCUT2D eigenvalue weighted by Gasteiger charge is 2.44. The summed E-state index contributed by atoms with van der Waals surface area (Å²) in [4.78, 5) is 27.5. The minimum atomic E-state index is -0.565. The number of hydrogen-bond acceptors (Lipinski definition) is 6. The number of carbonyl (C=O) groups excluding carboxylic acids is 2. The van der Waals surface area contributed by atoms with Crippen molar-refractivity contribution in [2.75, 3.05) is 6.54 Å². The third-order valence-electron chi connectivity index (χ3n) is 9.13. The van der Waals surface area contributed by atoms with Crippen molar-refractivity contribution in [3.63, 3.8) is 0 Å². The van der Waals surface area contributed by atoms with Crippen LogP contribution in [0, 0.1) is 5.92 Å². The van der Waals surface area contributed by atoms with E-state index in [9.17, 15) is 14.7 Å². The molecule has 43 heavy (non-hydrogen) atoms. The van der Waals surface area contributed by atoms with E-state index in [0.29, 0.717) is 31.5 Å². The number of piperidine rings is 1. The number of benzene rings is 2. The van der Waals surface area contributed by atoms with Gasteiger partial charge in [0.1, 0.15) is 0 Å². The van der Waals surface area contributed by atoms with Gasteiger partial charge in [-0.15, -0.1) is 0 Å². The summed E-state index contributed by atoms with van der Waals surface area (Å²) in [7, 11) is 0. The smallest absolute Gasteiger partial charge is 0.237 e. The Morgan fingerprint density at radius 3 is 2.26 bits per heavy atom. The van der Waals surface area contributed by atoms with E-state index >= 15 is 0 Å². The van der Waals surface area contributed by atoms with E-state index in [0.717, 1.165) is 41.5 Å². The van der Waals surface area contributed by atoms with Crippen LogP contribution >= 0.6 is 0 Å². The second-order valence-corrected chi connectivity index (χ2v) is 13.6. The maximum Gasteiger partial charge on any atom is 0.237 e. The van der Waals surface area contributed by atoms with Crippen molar-refractivity contribution in [3.05, 3.63) is 70.8 Å². The molecular formula is C35H49N3O5. The first-order valence-electron chi connectivity index (χ1n) is 16.0. The van der Waals surface area contributed by atoms with E-state index in [2.05, 4.69) is 15.5 Å². The van der Waals surface area contributed by atoms with Gasteiger partial charge in [0.25, 0.3) is 0 Å². The summed E-state index contributed by atoms with van der Waals surface area (Å²) in [6.07, 6.45) is 6.59. The minimum absolute atomic E-state index is 0.000528. The number of likely N-dealkylation sites (tertiary alicyclic amines) is 1. The number of hydrogen-bond donors (Lipinski definition) is 3. The van der Waals surface area contributed by atoms with Crippen LogP contribution in [0.1, 0.15) is 107 Å². The van der Waals surface area contributed by atoms with E-state index in [1.807, 2.05) is 69.3 Å². The third kappa shape index (κ3) is 8.24. The molecule has 6 unspecified atom stereocenters. The van der Waals surface area contributed by atoms with E-state index in [1.54, 1.807) is 0 Å². The van der Waals surface area contributed by atoms with Crippen LogP contribution in [0.3, 0.4) is 0 Å². The maximum absolute atomic E-state index is 13.6. The normalized spacial score (nSPS) is 28.1. The highest BCUT2D eigenvalue weighted by Crippen LogP contribution is 2.42. The summed E-state index contributed by atoms with van der Waals surface area (Å²) in [6, 6.07) is 16.2. The fourth-order valence-corrected chi connectivity index (χ4v) is 7.01. The number of ether oxygens (including phenoxy) is 2. The number of aliphatic hydroxyl groups is 1. The van der Waals surface area contributed by atoms with Gasteiger partial charge in [0.2, 0.25) is 11.8 Å². The Labute approximate surface area is 256 Å². The van der Waals surface area contributed by atoms with Crippen molar-refractivity contribution >= 4 is 11.8 Å². The predicted octanol–water partition coefficient (Wildman–Crippen LogP) is 5.30. The molecule has 8 nitrogen and oxygen atoms in total. The molecule has 2 aromatic rings. The van der Waals surface area contributed by atoms with Gasteiger partial charge < -0.3 is 25.2 Å². The van der Waals surface area contributed by atoms with E-state index in [-0.39, 0.29) is 42.2 Å². The molecule has 2 heterocycles. The number of rotatable bonds is 8. The summed E-state index contributed by atoms with van der Waals surface area (Å²) in [5, 5.41) is 15.7. The molecule has 3 fully saturated rings. The Bertz CT molecular complexity index is 1230. The largest absolute Gasteiger partial charge is 0.392 e. The summed E-state index contributed by atoms with van der Waals surface area (Å²) in [6.45, 7) is 8.79. The van der Waals surface area contributed by atoms with Gasteiger partial charge >= 0.3 is 0 Å². The standard InChI is InChI=1S/C35H49N3O5/c1-23(40)36-20-24-9-15-28(16-10-24)34-42-29(19-32(43-34)27-13-11-25(22-39)12-14-27)21-38-30-8-6-5-7-26(30)17-18-31(38)33(41)37-35(2,3)4/h9-16,26,29-32,34,39H,5-8,17-22H2,1-4H3,(H,36,40)(H,37,41). The number of nitrogens with zero attached hydrogens (tertiary/aromatic N) is 1. The van der Waals surface area contributed by atoms with Crippen LogP contribution in [0.25, 0.3) is 0 Å². The average Bonchev–Trinajstić information content (AvgIpc) is 2.99. The summed E-state index contributed by atoms with van der Waals surface area (Å²) in [5.74, 6) is 0.681. The zero-order valence-corrected chi connectivity index (χ0v) is 26.2. The zero-order valence-electron chi connectivity index (χ0n) is 26.2. The van der Waals surface area contributed by atoms with Crippen LogP contribution in [0.2, 0.25) is 0 Å². The summed E-state index contributed by atoms with van der Waals surface area (Å²) in [5.41, 5.74) is 3.55. The molecular weight excluding hydrogens is 542 g/mol. The van der Waals surface area contributed by atoms with Gasteiger partial charge in [-0.2, -0.15) is 0 Å². The van der Waals surface area contributed by atoms with E-state index in [4.69, 9.17) is 9.47 Å². The van der Waals surface area contributed by atoms with Crippen LogP contribution in [0.4, 0.5) is 0 Å². The molecule has 0 radical (unpaired) electrons. The van der Waals surface area contributed by atoms with Crippen LogP contribution in [-0.2, 0) is 32.2 Å². The number of carbonyl (C=O) groups is 2. The lowest BCUT2D eigenvalue weighted by molar-refractivity contribution is -0.255. The SMILES string of the molecule is CC(=O)NCc1ccc(C2OC(CN3C(C(=O)NC(C)(C)C)CCC4CCCCC43)CC(c3ccc(CO)cc3)O2)cc1. The second-order valence-electron chi connectivity index (χ2n) is 13.6. The molecule has 0 bridgehead atoms. The molecule has 2 aromatic carbocycles. The van der Waals surface area contributed by atoms with Gasteiger partial charge in [0.05, 0.1) is 24.9 Å². The van der Waals surface area contributed by atoms with Gasteiger partial charge in [-0.05, 0) is 69.1 Å². The summed E-state index contributed by atoms with van der Waals surface area (Å²) < 4.78 is 13.3. The number of nitrogens with one attached hydrogen (secondary N) is 2. The van der Waals surface area contributed by atoms with Crippen molar-refractivity contribution in [2.24, 2.45) is 5.92 Å². The molecule has 6 atom stereocenters. The van der Waals surface area contributed by atoms with Crippen molar-refractivity contribution in [3.8, 4) is 0 Å². The minimum Gasteiger partial charge on any atom is -0.392 e. The summed E-state index contributed by atoms with van der Waals surface area (Å²) >= 11 is 0. The van der Waals surface area contributed by atoms with Crippen LogP contribution in [0.15, 0.2) is 48.5 Å². The quantitative estimate of drug-likeness (QED) is 0.386. The number of aliphatic hydroxyl groups excluding tert-OH is 1. The molecule has 8 heteroatoms. The highest BCUT2D eigenvalue weighted by atomic mass is 16.7. The van der Waals surface area contributed by atoms with E-state index in [1.165, 1.54) is 26.2 Å². The Hall–Kier alpha value is -2.78. The Balaban J connectivity index is 1.40. The van der Waals surface area contributed by atoms with Crippen molar-refractivity contribution < 1.29 is 24.2 Å². The fraction of sp³-hybridized carbons (Fsp3) is 0.600. The number of fused-ring (bicyclic) bond motifs is 1. The molecule has 5 rings (SSSR count). The maximum atomic E-state index is 13.6. The molecule has 1 saturated carbocycles. The van der Waals surface area contributed by atoms with Gasteiger partial charge in [-0.1, -0.05) is 61.4 Å². The Morgan fingerprint density at radius 1 is 0.907 bits per heavy atom. The molecule has 3 aliphatic rings. The molecule has 2 amide bonds. The third-order valence-corrected chi connectivity index (χ3v) is 9.13. The van der Waals surface area contributed by atoms with Gasteiger partial charge in [0, 0.05) is 43.6 Å². The highest BCUT2D eigenvalue weighted by molar-refractivity contribution is 5.82. The second kappa shape index (κ2) is 13.9. The first-order chi connectivity index (χ1) is 20.6. The van der Waals surface area contributed by atoms with Crippen molar-refractivity contribution in [2.45, 2.75) is 122 Å². The molecule has 2 aliphatic heterocycles. The number of amides is 2. The Morgan fingerprint density at radius 2 is 1.58 bits per heavy atom. The zero-order chi connectivity index (χ0) is 30.6. The van der Waals surface area contributed by atoms with Crippen molar-refractivity contribution in [1.82, 2.24) is 15.5 Å². The average molecular weight is 592 g/mol. The van der Waals surface area contributed by atoms with Crippen LogP contribution < -0.4 is 10.6 Å². The molecule has 3 N–H and O–H groups in total. The van der Waals surface area contributed by atoms with Crippen molar-refractivity contribution in [1.29, 1.82) is 0 Å². The first kappa shape index (κ1) is 31.6. The topological polar surface area (TPSA) is 100 Å². The Kier molecular flexibility index (Phi) is 10.2. The lowest BCUT2D eigenvalue weighted by Crippen LogP contribution is -2.61. The lowest BCUT2D eigenvalue weighted by atomic mass is 9.75. The predicted molar refractivity (Wildman–Crippen MR) is 166 cm³/mol. The monoisotopic (exact) mass is 591 g/mol. The van der Waals surface area contributed by atoms with Gasteiger partial charge in [0.15, 0.2) is 6.29 Å².